The molecule has 0 aromatic carbocycles. The Morgan fingerprint density at radius 3 is 1.34 bits per heavy atom. The lowest BCUT2D eigenvalue weighted by Gasteiger charge is -2.25. The lowest BCUT2D eigenvalue weighted by molar-refractivity contribution is -0.870. The molecule has 64 heavy (non-hydrogen) atoms. The van der Waals surface area contributed by atoms with Gasteiger partial charge in [0.1, 0.15) is 13.2 Å². The average molecular weight is 922 g/mol. The van der Waals surface area contributed by atoms with Gasteiger partial charge in [0.2, 0.25) is 5.91 Å². The molecule has 3 unspecified atom stereocenters. The van der Waals surface area contributed by atoms with Crippen LogP contribution in [0.25, 0.3) is 0 Å². The van der Waals surface area contributed by atoms with E-state index in [9.17, 15) is 19.4 Å². The highest BCUT2D eigenvalue weighted by Gasteiger charge is 2.27. The first kappa shape index (κ1) is 62.5. The third-order valence-corrected chi connectivity index (χ3v) is 13.0. The quantitative estimate of drug-likeness (QED) is 0.0243. The minimum atomic E-state index is -4.35. The van der Waals surface area contributed by atoms with Gasteiger partial charge >= 0.3 is 7.82 Å². The number of hydrogen-bond donors (Lipinski definition) is 3. The van der Waals surface area contributed by atoms with Gasteiger partial charge in [-0.15, -0.1) is 0 Å². The first-order valence-corrected chi connectivity index (χ1v) is 28.5. The summed E-state index contributed by atoms with van der Waals surface area (Å²) in [5.74, 6) is -0.190. The molecule has 8 nitrogen and oxygen atoms in total. The zero-order valence-corrected chi connectivity index (χ0v) is 43.7. The number of amides is 1. The van der Waals surface area contributed by atoms with E-state index in [1.807, 2.05) is 27.2 Å². The number of aliphatic hydroxyl groups excluding tert-OH is 1. The van der Waals surface area contributed by atoms with Gasteiger partial charge in [-0.05, 0) is 64.2 Å². The van der Waals surface area contributed by atoms with Gasteiger partial charge in [0.25, 0.3) is 0 Å². The molecule has 0 heterocycles. The molecule has 9 heteroatoms. The third kappa shape index (κ3) is 48.4. The second-order valence-corrected chi connectivity index (χ2v) is 21.0. The lowest BCUT2D eigenvalue weighted by atomic mass is 10.0. The second-order valence-electron chi connectivity index (χ2n) is 19.6. The van der Waals surface area contributed by atoms with Crippen molar-refractivity contribution in [3.05, 3.63) is 48.6 Å². The Labute approximate surface area is 397 Å². The number of allylic oxidation sites excluding steroid dienone is 7. The normalized spacial score (nSPS) is 14.4. The van der Waals surface area contributed by atoms with Gasteiger partial charge < -0.3 is 19.8 Å². The topological polar surface area (TPSA) is 105 Å². The number of aliphatic hydroxyl groups is 1. The molecule has 1 amide bonds. The molecule has 0 fully saturated rings. The van der Waals surface area contributed by atoms with Crippen LogP contribution in [0.15, 0.2) is 48.6 Å². The number of unbranched alkanes of at least 4 members (excludes halogenated alkanes) is 30. The van der Waals surface area contributed by atoms with Crippen molar-refractivity contribution < 1.29 is 32.9 Å². The number of hydrogen-bond acceptors (Lipinski definition) is 5. The van der Waals surface area contributed by atoms with E-state index in [2.05, 4.69) is 55.6 Å². The molecule has 0 rings (SSSR count). The average Bonchev–Trinajstić information content (AvgIpc) is 3.25. The Balaban J connectivity index is 4.33. The molecule has 0 aliphatic carbocycles. The third-order valence-electron chi connectivity index (χ3n) is 12.0. The Kier molecular flexibility index (Phi) is 45.4. The molecule has 0 bridgehead atoms. The summed E-state index contributed by atoms with van der Waals surface area (Å²) in [6, 6.07) is -0.867. The smallest absolute Gasteiger partial charge is 0.387 e. The molecule has 3 atom stereocenters. The van der Waals surface area contributed by atoms with E-state index < -0.39 is 20.0 Å². The fourth-order valence-corrected chi connectivity index (χ4v) is 8.47. The van der Waals surface area contributed by atoms with Crippen molar-refractivity contribution in [3.63, 3.8) is 0 Å². The Morgan fingerprint density at radius 1 is 0.531 bits per heavy atom. The number of carbonyl (C=O) groups excluding carboxylic acids is 1. The molecule has 376 valence electrons. The van der Waals surface area contributed by atoms with Gasteiger partial charge in [-0.1, -0.05) is 223 Å². The van der Waals surface area contributed by atoms with Crippen LogP contribution in [-0.4, -0.2) is 73.4 Å². The van der Waals surface area contributed by atoms with E-state index in [1.165, 1.54) is 180 Å². The summed E-state index contributed by atoms with van der Waals surface area (Å²) in [5, 5.41) is 13.9. The zero-order valence-electron chi connectivity index (χ0n) is 42.8. The van der Waals surface area contributed by atoms with E-state index in [0.717, 1.165) is 44.9 Å². The Morgan fingerprint density at radius 2 is 0.906 bits per heavy atom. The molecular weight excluding hydrogens is 816 g/mol. The summed E-state index contributed by atoms with van der Waals surface area (Å²) in [7, 11) is 1.55. The number of likely N-dealkylation sites (N-methyl/N-ethyl adjacent to an activating group) is 1. The van der Waals surface area contributed by atoms with Gasteiger partial charge in [0.15, 0.2) is 0 Å². The second kappa shape index (κ2) is 46.6. The van der Waals surface area contributed by atoms with E-state index in [-0.39, 0.29) is 19.1 Å². The first-order chi connectivity index (χ1) is 31.0. The van der Waals surface area contributed by atoms with Gasteiger partial charge in [-0.3, -0.25) is 13.8 Å². The molecule has 3 N–H and O–H groups in total. The lowest BCUT2D eigenvalue weighted by Crippen LogP contribution is -2.45. The van der Waals surface area contributed by atoms with Crippen molar-refractivity contribution in [1.29, 1.82) is 0 Å². The Hall–Kier alpha value is -1.54. The minimum absolute atomic E-state index is 0.0545. The highest BCUT2D eigenvalue weighted by atomic mass is 31.2. The predicted octanol–water partition coefficient (Wildman–Crippen LogP) is 16.0. The maximum absolute atomic E-state index is 12.9. The minimum Gasteiger partial charge on any atom is -0.387 e. The van der Waals surface area contributed by atoms with Crippen LogP contribution >= 0.6 is 7.82 Å². The van der Waals surface area contributed by atoms with Crippen LogP contribution in [0.1, 0.15) is 245 Å². The highest BCUT2D eigenvalue weighted by molar-refractivity contribution is 7.47. The molecular formula is C55H106N2O6P+. The monoisotopic (exact) mass is 922 g/mol. The molecule has 0 radical (unpaired) electrons. The number of nitrogens with zero attached hydrogens (tertiary/aromatic N) is 1. The van der Waals surface area contributed by atoms with Crippen LogP contribution in [-0.2, 0) is 18.4 Å². The fourth-order valence-electron chi connectivity index (χ4n) is 7.74. The summed E-state index contributed by atoms with van der Waals surface area (Å²) < 4.78 is 23.7. The van der Waals surface area contributed by atoms with Crippen LogP contribution in [0.2, 0.25) is 0 Å². The number of nitrogens with one attached hydrogen (secondary N) is 1. The maximum Gasteiger partial charge on any atom is 0.472 e. The molecule has 0 saturated carbocycles. The van der Waals surface area contributed by atoms with Gasteiger partial charge in [-0.25, -0.2) is 4.57 Å². The predicted molar refractivity (Wildman–Crippen MR) is 277 cm³/mol. The van der Waals surface area contributed by atoms with E-state index in [0.29, 0.717) is 17.4 Å². The summed E-state index contributed by atoms with van der Waals surface area (Å²) in [5.41, 5.74) is 0. The van der Waals surface area contributed by atoms with E-state index in [1.54, 1.807) is 6.08 Å². The molecule has 0 aromatic heterocycles. The summed E-state index contributed by atoms with van der Waals surface area (Å²) >= 11 is 0. The maximum atomic E-state index is 12.9. The van der Waals surface area contributed by atoms with Crippen molar-refractivity contribution in [2.45, 2.75) is 257 Å². The van der Waals surface area contributed by atoms with E-state index in [4.69, 9.17) is 9.05 Å². The van der Waals surface area contributed by atoms with Crippen LogP contribution in [0.3, 0.4) is 0 Å². The summed E-state index contributed by atoms with van der Waals surface area (Å²) in [6.07, 6.45) is 60.6. The molecule has 0 aromatic rings. The summed E-state index contributed by atoms with van der Waals surface area (Å²) in [4.78, 5) is 23.2. The number of phosphoric acid groups is 1. The molecule has 0 aliphatic heterocycles. The van der Waals surface area contributed by atoms with Crippen LogP contribution < -0.4 is 5.32 Å². The first-order valence-electron chi connectivity index (χ1n) is 27.0. The highest BCUT2D eigenvalue weighted by Crippen LogP contribution is 2.43. The van der Waals surface area contributed by atoms with Crippen molar-refractivity contribution in [1.82, 2.24) is 5.32 Å². The van der Waals surface area contributed by atoms with Crippen molar-refractivity contribution in [2.75, 3.05) is 40.9 Å². The van der Waals surface area contributed by atoms with Crippen molar-refractivity contribution in [3.8, 4) is 0 Å². The zero-order chi connectivity index (χ0) is 47.1. The largest absolute Gasteiger partial charge is 0.472 e. The Bertz CT molecular complexity index is 1180. The van der Waals surface area contributed by atoms with Crippen LogP contribution in [0.4, 0.5) is 0 Å². The van der Waals surface area contributed by atoms with E-state index >= 15 is 0 Å². The van der Waals surface area contributed by atoms with Gasteiger partial charge in [0, 0.05) is 6.42 Å². The molecule has 0 spiro atoms. The number of rotatable bonds is 49. The van der Waals surface area contributed by atoms with Crippen molar-refractivity contribution in [2.24, 2.45) is 0 Å². The molecule has 0 saturated heterocycles. The summed E-state index contributed by atoms with van der Waals surface area (Å²) in [6.45, 7) is 4.80. The van der Waals surface area contributed by atoms with Crippen LogP contribution in [0, 0.1) is 0 Å². The van der Waals surface area contributed by atoms with Crippen molar-refractivity contribution >= 4 is 13.7 Å². The number of phosphoric ester groups is 1. The fraction of sp³-hybridized carbons (Fsp3) is 0.836. The SMILES string of the molecule is CCCCCCC/C=C\C/C=C\CCCCCCCCCCCC(=O)NC(COP(=O)(O)OCC[N+](C)(C)C)C(O)/C=C/CC/C=C/CCCCCCCCCCCCCCCCC. The standard InChI is InChI=1S/C55H105N2O6P/c1-6-8-10-12-14-16-18-20-22-24-26-28-30-32-34-36-38-40-42-44-46-48-54(58)53(52-63-64(60,61)62-51-50-57(3,4)5)56-55(59)49-47-45-43-41-39-37-35-33-31-29-27-25-23-21-19-17-15-13-11-9-7-2/h19,21,25,27,38,40,46,48,53-54,58H,6-18,20,22-24,26,28-37,39,41-45,47,49-52H2,1-5H3,(H-,56,59,60,61)/p+1/b21-19-,27-25-,40-38+,48-46+. The number of quaternary nitrogens is 1. The number of carbonyl (C=O) groups is 1. The van der Waals surface area contributed by atoms with Gasteiger partial charge in [-0.2, -0.15) is 0 Å². The van der Waals surface area contributed by atoms with Crippen LogP contribution in [0.5, 0.6) is 0 Å². The van der Waals surface area contributed by atoms with Gasteiger partial charge in [0.05, 0.1) is 39.9 Å². The molecule has 0 aliphatic rings.